The molecule has 1 heterocycles. The number of amides is 1. The number of hydrogen-bond acceptors (Lipinski definition) is 6. The van der Waals surface area contributed by atoms with E-state index in [4.69, 9.17) is 21.1 Å². The smallest absolute Gasteiger partial charge is 0.276 e. The fourth-order valence-corrected chi connectivity index (χ4v) is 2.48. The molecule has 0 spiro atoms. The fraction of sp³-hybridized carbons (Fsp3) is 0.105. The lowest BCUT2D eigenvalue weighted by Crippen LogP contribution is -2.14. The van der Waals surface area contributed by atoms with Crippen molar-refractivity contribution >= 4 is 34.7 Å². The van der Waals surface area contributed by atoms with Crippen LogP contribution in [0.5, 0.6) is 11.5 Å². The van der Waals surface area contributed by atoms with Crippen molar-refractivity contribution in [2.45, 2.75) is 0 Å². The number of nitrogens with one attached hydrogen (secondary N) is 2. The Kier molecular flexibility index (Phi) is 5.73. The quantitative estimate of drug-likeness (QED) is 0.664. The van der Waals surface area contributed by atoms with E-state index in [0.29, 0.717) is 33.7 Å². The first kappa shape index (κ1) is 18.5. The molecule has 0 aliphatic rings. The zero-order valence-electron chi connectivity index (χ0n) is 14.7. The molecule has 0 saturated heterocycles. The number of nitrogens with zero attached hydrogens (tertiary/aromatic N) is 2. The Bertz CT molecular complexity index is 931. The SMILES string of the molecule is COc1ccc(NC(=O)c2ccc(Nc3cc(Cl)ccc3OC)nn2)cc1. The number of aromatic nitrogens is 2. The molecule has 3 rings (SSSR count). The lowest BCUT2D eigenvalue weighted by molar-refractivity contribution is 0.102. The van der Waals surface area contributed by atoms with E-state index < -0.39 is 0 Å². The minimum absolute atomic E-state index is 0.189. The number of hydrogen-bond donors (Lipinski definition) is 2. The predicted molar refractivity (Wildman–Crippen MR) is 104 cm³/mol. The van der Waals surface area contributed by atoms with Gasteiger partial charge in [0.15, 0.2) is 11.5 Å². The average molecular weight is 385 g/mol. The molecule has 0 bridgehead atoms. The van der Waals surface area contributed by atoms with Crippen LogP contribution in [0, 0.1) is 0 Å². The average Bonchev–Trinajstić information content (AvgIpc) is 2.69. The van der Waals surface area contributed by atoms with Gasteiger partial charge in [0.2, 0.25) is 0 Å². The molecule has 1 aromatic heterocycles. The lowest BCUT2D eigenvalue weighted by Gasteiger charge is -2.11. The van der Waals surface area contributed by atoms with Crippen LogP contribution in [0.15, 0.2) is 54.6 Å². The molecule has 2 N–H and O–H groups in total. The van der Waals surface area contributed by atoms with Crippen LogP contribution in [0.3, 0.4) is 0 Å². The molecule has 0 aliphatic heterocycles. The van der Waals surface area contributed by atoms with Crippen molar-refractivity contribution < 1.29 is 14.3 Å². The Morgan fingerprint density at radius 3 is 2.37 bits per heavy atom. The molecule has 7 nitrogen and oxygen atoms in total. The third-order valence-electron chi connectivity index (χ3n) is 3.67. The molecule has 0 unspecified atom stereocenters. The van der Waals surface area contributed by atoms with Crippen LogP contribution in [0.4, 0.5) is 17.2 Å². The first-order valence-electron chi connectivity index (χ1n) is 7.99. The number of ether oxygens (including phenoxy) is 2. The number of benzene rings is 2. The van der Waals surface area contributed by atoms with Crippen LogP contribution in [0.1, 0.15) is 10.5 Å². The summed E-state index contributed by atoms with van der Waals surface area (Å²) in [5, 5.41) is 14.4. The maximum atomic E-state index is 12.3. The minimum atomic E-state index is -0.362. The number of methoxy groups -OCH3 is 2. The summed E-state index contributed by atoms with van der Waals surface area (Å²) in [6.45, 7) is 0. The van der Waals surface area contributed by atoms with Crippen molar-refractivity contribution in [3.63, 3.8) is 0 Å². The van der Waals surface area contributed by atoms with Crippen molar-refractivity contribution in [1.82, 2.24) is 10.2 Å². The third-order valence-corrected chi connectivity index (χ3v) is 3.90. The molecule has 138 valence electrons. The first-order chi connectivity index (χ1) is 13.1. The zero-order chi connectivity index (χ0) is 19.2. The second-order valence-electron chi connectivity index (χ2n) is 5.46. The minimum Gasteiger partial charge on any atom is -0.497 e. The zero-order valence-corrected chi connectivity index (χ0v) is 15.4. The molecule has 2 aromatic carbocycles. The van der Waals surface area contributed by atoms with Gasteiger partial charge in [-0.25, -0.2) is 0 Å². The molecule has 8 heteroatoms. The standard InChI is InChI=1S/C19H17ClN4O3/c1-26-14-6-4-13(5-7-14)21-19(25)15-8-10-18(24-23-15)22-16-11-12(20)3-9-17(16)27-2/h3-11H,1-2H3,(H,21,25)(H,22,24). The highest BCUT2D eigenvalue weighted by molar-refractivity contribution is 6.31. The van der Waals surface area contributed by atoms with E-state index >= 15 is 0 Å². The van der Waals surface area contributed by atoms with Gasteiger partial charge < -0.3 is 20.1 Å². The molecular formula is C19H17ClN4O3. The first-order valence-corrected chi connectivity index (χ1v) is 8.36. The summed E-state index contributed by atoms with van der Waals surface area (Å²) in [5.74, 6) is 1.42. The number of carbonyl (C=O) groups excluding carboxylic acids is 1. The fourth-order valence-electron chi connectivity index (χ4n) is 2.31. The van der Waals surface area contributed by atoms with Crippen LogP contribution in [-0.4, -0.2) is 30.3 Å². The summed E-state index contributed by atoms with van der Waals surface area (Å²) in [4.78, 5) is 12.3. The van der Waals surface area contributed by atoms with E-state index in [1.807, 2.05) is 0 Å². The second kappa shape index (κ2) is 8.37. The molecule has 0 radical (unpaired) electrons. The summed E-state index contributed by atoms with van der Waals surface area (Å²) in [5.41, 5.74) is 1.47. The summed E-state index contributed by atoms with van der Waals surface area (Å²) >= 11 is 6.01. The Labute approximate surface area is 161 Å². The predicted octanol–water partition coefficient (Wildman–Crippen LogP) is 4.14. The van der Waals surface area contributed by atoms with Crippen LogP contribution in [0.25, 0.3) is 0 Å². The topological polar surface area (TPSA) is 85.4 Å². The van der Waals surface area contributed by atoms with Gasteiger partial charge in [0, 0.05) is 10.7 Å². The van der Waals surface area contributed by atoms with Crippen LogP contribution >= 0.6 is 11.6 Å². The van der Waals surface area contributed by atoms with Crippen LogP contribution in [0.2, 0.25) is 5.02 Å². The summed E-state index contributed by atoms with van der Waals surface area (Å²) in [7, 11) is 3.14. The Morgan fingerprint density at radius 2 is 1.74 bits per heavy atom. The lowest BCUT2D eigenvalue weighted by atomic mass is 10.2. The maximum absolute atomic E-state index is 12.3. The highest BCUT2D eigenvalue weighted by atomic mass is 35.5. The summed E-state index contributed by atoms with van der Waals surface area (Å²) in [6.07, 6.45) is 0. The van der Waals surface area contributed by atoms with E-state index in [1.165, 1.54) is 0 Å². The van der Waals surface area contributed by atoms with Crippen molar-refractivity contribution in [2.24, 2.45) is 0 Å². The van der Waals surface area contributed by atoms with Gasteiger partial charge in [-0.1, -0.05) is 11.6 Å². The molecule has 0 saturated carbocycles. The summed E-state index contributed by atoms with van der Waals surface area (Å²) in [6, 6.07) is 15.4. The highest BCUT2D eigenvalue weighted by Gasteiger charge is 2.10. The number of halogens is 1. The number of carbonyl (C=O) groups is 1. The van der Waals surface area contributed by atoms with Crippen molar-refractivity contribution in [3.8, 4) is 11.5 Å². The van der Waals surface area contributed by atoms with Gasteiger partial charge in [-0.2, -0.15) is 0 Å². The number of anilines is 3. The van der Waals surface area contributed by atoms with Gasteiger partial charge in [0.25, 0.3) is 5.91 Å². The Balaban J connectivity index is 1.69. The molecule has 3 aromatic rings. The largest absolute Gasteiger partial charge is 0.497 e. The van der Waals surface area contributed by atoms with Gasteiger partial charge in [-0.3, -0.25) is 4.79 Å². The van der Waals surface area contributed by atoms with E-state index in [-0.39, 0.29) is 11.6 Å². The van der Waals surface area contributed by atoms with E-state index in [9.17, 15) is 4.79 Å². The normalized spacial score (nSPS) is 10.2. The molecule has 0 aliphatic carbocycles. The van der Waals surface area contributed by atoms with Gasteiger partial charge in [0.1, 0.15) is 11.5 Å². The van der Waals surface area contributed by atoms with Crippen LogP contribution < -0.4 is 20.1 Å². The molecule has 1 amide bonds. The molecule has 0 fully saturated rings. The van der Waals surface area contributed by atoms with Crippen molar-refractivity contribution in [2.75, 3.05) is 24.9 Å². The highest BCUT2D eigenvalue weighted by Crippen LogP contribution is 2.29. The van der Waals surface area contributed by atoms with Crippen molar-refractivity contribution in [3.05, 3.63) is 65.3 Å². The van der Waals surface area contributed by atoms with Crippen LogP contribution in [-0.2, 0) is 0 Å². The van der Waals surface area contributed by atoms with Gasteiger partial charge >= 0.3 is 0 Å². The summed E-state index contributed by atoms with van der Waals surface area (Å²) < 4.78 is 10.4. The van der Waals surface area contributed by atoms with E-state index in [1.54, 1.807) is 68.8 Å². The Hall–Kier alpha value is -3.32. The number of rotatable bonds is 6. The molecule has 27 heavy (non-hydrogen) atoms. The molecule has 0 atom stereocenters. The van der Waals surface area contributed by atoms with Gasteiger partial charge in [-0.15, -0.1) is 10.2 Å². The van der Waals surface area contributed by atoms with Gasteiger partial charge in [-0.05, 0) is 54.6 Å². The molecular weight excluding hydrogens is 368 g/mol. The Morgan fingerprint density at radius 1 is 0.963 bits per heavy atom. The third kappa shape index (κ3) is 4.65. The van der Waals surface area contributed by atoms with Gasteiger partial charge in [0.05, 0.1) is 19.9 Å². The van der Waals surface area contributed by atoms with E-state index in [2.05, 4.69) is 20.8 Å². The van der Waals surface area contributed by atoms with Crippen molar-refractivity contribution in [1.29, 1.82) is 0 Å². The monoisotopic (exact) mass is 384 g/mol. The van der Waals surface area contributed by atoms with E-state index in [0.717, 1.165) is 0 Å². The second-order valence-corrected chi connectivity index (χ2v) is 5.89. The maximum Gasteiger partial charge on any atom is 0.276 e.